The van der Waals surface area contributed by atoms with Crippen molar-refractivity contribution in [3.8, 4) is 0 Å². The fourth-order valence-corrected chi connectivity index (χ4v) is 3.89. The molecule has 2 aliphatic rings. The highest BCUT2D eigenvalue weighted by atomic mass is 127. The molecule has 0 spiro atoms. The van der Waals surface area contributed by atoms with Crippen molar-refractivity contribution < 1.29 is 9.53 Å². The number of rotatable bonds is 8. The largest absolute Gasteiger partial charge is 0.376 e. The molecule has 8 heteroatoms. The first-order valence-electron chi connectivity index (χ1n) is 11.1. The molecule has 1 amide bonds. The van der Waals surface area contributed by atoms with Gasteiger partial charge in [0.25, 0.3) is 0 Å². The smallest absolute Gasteiger partial charge is 0.243 e. The Bertz CT molecular complexity index is 487. The summed E-state index contributed by atoms with van der Waals surface area (Å²) in [5.41, 5.74) is 0. The monoisotopic (exact) mass is 523 g/mol. The molecule has 0 aromatic heterocycles. The molecule has 0 aliphatic carbocycles. The minimum atomic E-state index is 0. The van der Waals surface area contributed by atoms with Crippen molar-refractivity contribution in [1.29, 1.82) is 0 Å². The van der Waals surface area contributed by atoms with Gasteiger partial charge in [0, 0.05) is 39.8 Å². The van der Waals surface area contributed by atoms with Crippen molar-refractivity contribution in [2.75, 3.05) is 53.4 Å². The molecule has 2 unspecified atom stereocenters. The first-order chi connectivity index (χ1) is 13.5. The van der Waals surface area contributed by atoms with Crippen LogP contribution in [0.25, 0.3) is 0 Å². The van der Waals surface area contributed by atoms with E-state index in [1.165, 1.54) is 38.8 Å². The van der Waals surface area contributed by atoms with Gasteiger partial charge >= 0.3 is 0 Å². The van der Waals surface area contributed by atoms with Crippen LogP contribution in [0, 0.1) is 5.92 Å². The second-order valence-corrected chi connectivity index (χ2v) is 8.61. The Morgan fingerprint density at radius 1 is 1.14 bits per heavy atom. The van der Waals surface area contributed by atoms with Crippen molar-refractivity contribution in [2.24, 2.45) is 10.9 Å². The molecule has 0 saturated carbocycles. The van der Waals surface area contributed by atoms with Gasteiger partial charge in [-0.25, -0.2) is 4.99 Å². The third-order valence-corrected chi connectivity index (χ3v) is 5.75. The predicted molar refractivity (Wildman–Crippen MR) is 130 cm³/mol. The lowest BCUT2D eigenvalue weighted by Gasteiger charge is -2.34. The van der Waals surface area contributed by atoms with Gasteiger partial charge in [0.1, 0.15) is 6.54 Å². The summed E-state index contributed by atoms with van der Waals surface area (Å²) in [6.45, 7) is 9.52. The van der Waals surface area contributed by atoms with E-state index in [1.54, 1.807) is 19.0 Å². The highest BCUT2D eigenvalue weighted by molar-refractivity contribution is 14.0. The summed E-state index contributed by atoms with van der Waals surface area (Å²) in [5.74, 6) is 1.28. The van der Waals surface area contributed by atoms with Crippen molar-refractivity contribution in [1.82, 2.24) is 20.4 Å². The third kappa shape index (κ3) is 9.83. The molecule has 2 saturated heterocycles. The van der Waals surface area contributed by atoms with Gasteiger partial charge < -0.3 is 20.3 Å². The number of likely N-dealkylation sites (N-methyl/N-ethyl adjacent to an activating group) is 1. The fourth-order valence-electron chi connectivity index (χ4n) is 3.89. The van der Waals surface area contributed by atoms with Gasteiger partial charge in [0.2, 0.25) is 5.91 Å². The minimum absolute atomic E-state index is 0. The molecule has 2 heterocycles. The number of carbonyl (C=O) groups is 1. The molecular weight excluding hydrogens is 481 g/mol. The Morgan fingerprint density at radius 3 is 2.38 bits per heavy atom. The lowest BCUT2D eigenvalue weighted by molar-refractivity contribution is -0.127. The zero-order chi connectivity index (χ0) is 20.4. The number of ether oxygens (including phenoxy) is 1. The van der Waals surface area contributed by atoms with Crippen LogP contribution in [-0.4, -0.2) is 87.2 Å². The maximum atomic E-state index is 12.0. The van der Waals surface area contributed by atoms with Gasteiger partial charge in [0.15, 0.2) is 5.96 Å². The Kier molecular flexibility index (Phi) is 13.1. The Balaban J connectivity index is 0.00000420. The maximum absolute atomic E-state index is 12.0. The van der Waals surface area contributed by atoms with Gasteiger partial charge in [-0.3, -0.25) is 9.69 Å². The van der Waals surface area contributed by atoms with Crippen LogP contribution < -0.4 is 10.6 Å². The van der Waals surface area contributed by atoms with Gasteiger partial charge in [-0.1, -0.05) is 26.7 Å². The molecule has 0 aromatic carbocycles. The first kappa shape index (κ1) is 26.4. The standard InChI is InChI=1S/C21H41N5O2.HI/c1-17(2)19(26-11-7-5-6-8-12-26)15-23-21(24-16-20(27)25(3)4)22-14-18-10-9-13-28-18;/h17-19H,5-16H2,1-4H3,(H2,22,23,24);1H. The molecular formula is C21H42IN5O2. The number of halogens is 1. The van der Waals surface area contributed by atoms with Gasteiger partial charge in [-0.15, -0.1) is 24.0 Å². The molecule has 0 radical (unpaired) electrons. The molecule has 0 aromatic rings. The third-order valence-electron chi connectivity index (χ3n) is 5.75. The highest BCUT2D eigenvalue weighted by Crippen LogP contribution is 2.17. The summed E-state index contributed by atoms with van der Waals surface area (Å²) in [7, 11) is 3.53. The molecule has 2 fully saturated rings. The summed E-state index contributed by atoms with van der Waals surface area (Å²) in [6.07, 6.45) is 7.71. The fraction of sp³-hybridized carbons (Fsp3) is 0.905. The van der Waals surface area contributed by atoms with Crippen molar-refractivity contribution in [3.63, 3.8) is 0 Å². The Morgan fingerprint density at radius 2 is 1.83 bits per heavy atom. The number of carbonyl (C=O) groups excluding carboxylic acids is 1. The van der Waals surface area contributed by atoms with Crippen LogP contribution in [0.15, 0.2) is 4.99 Å². The summed E-state index contributed by atoms with van der Waals surface area (Å²) >= 11 is 0. The topological polar surface area (TPSA) is 69.2 Å². The molecule has 2 rings (SSSR count). The van der Waals surface area contributed by atoms with Crippen molar-refractivity contribution in [3.05, 3.63) is 0 Å². The van der Waals surface area contributed by atoms with Crippen molar-refractivity contribution >= 4 is 35.8 Å². The van der Waals surface area contributed by atoms with E-state index < -0.39 is 0 Å². The number of nitrogens with one attached hydrogen (secondary N) is 2. The average molecular weight is 524 g/mol. The first-order valence-corrected chi connectivity index (χ1v) is 11.1. The number of aliphatic imine (C=N–C) groups is 1. The number of guanidine groups is 1. The van der Waals surface area contributed by atoms with E-state index in [9.17, 15) is 4.79 Å². The van der Waals surface area contributed by atoms with E-state index in [1.807, 2.05) is 0 Å². The van der Waals surface area contributed by atoms with Crippen LogP contribution in [0.4, 0.5) is 0 Å². The van der Waals surface area contributed by atoms with Crippen LogP contribution in [0.3, 0.4) is 0 Å². The molecule has 2 N–H and O–H groups in total. The normalized spacial score (nSPS) is 22.0. The second kappa shape index (κ2) is 14.4. The van der Waals surface area contributed by atoms with Crippen LogP contribution in [0.1, 0.15) is 52.4 Å². The molecule has 0 bridgehead atoms. The van der Waals surface area contributed by atoms with Gasteiger partial charge in [-0.2, -0.15) is 0 Å². The zero-order valence-electron chi connectivity index (χ0n) is 18.8. The molecule has 170 valence electrons. The highest BCUT2D eigenvalue weighted by Gasteiger charge is 2.23. The number of hydrogen-bond acceptors (Lipinski definition) is 4. The lowest BCUT2D eigenvalue weighted by Crippen LogP contribution is -2.50. The maximum Gasteiger partial charge on any atom is 0.243 e. The van der Waals surface area contributed by atoms with Crippen LogP contribution in [0.2, 0.25) is 0 Å². The molecule has 2 atom stereocenters. The van der Waals surface area contributed by atoms with E-state index in [0.717, 1.165) is 32.5 Å². The van der Waals surface area contributed by atoms with Crippen LogP contribution >= 0.6 is 24.0 Å². The number of likely N-dealkylation sites (tertiary alicyclic amines) is 1. The van der Waals surface area contributed by atoms with Crippen LogP contribution in [-0.2, 0) is 9.53 Å². The minimum Gasteiger partial charge on any atom is -0.376 e. The molecule has 7 nitrogen and oxygen atoms in total. The van der Waals surface area contributed by atoms with E-state index in [2.05, 4.69) is 34.4 Å². The molecule has 2 aliphatic heterocycles. The van der Waals surface area contributed by atoms with E-state index in [0.29, 0.717) is 17.9 Å². The SMILES string of the molecule is CC(C)C(CNC(=NCC(=O)N(C)C)NCC1CCCO1)N1CCCCCC1.I. The molecule has 29 heavy (non-hydrogen) atoms. The Labute approximate surface area is 194 Å². The van der Waals surface area contributed by atoms with Crippen molar-refractivity contribution in [2.45, 2.75) is 64.5 Å². The van der Waals surface area contributed by atoms with Gasteiger partial charge in [0.05, 0.1) is 6.10 Å². The van der Waals surface area contributed by atoms with Gasteiger partial charge in [-0.05, 0) is 44.7 Å². The van der Waals surface area contributed by atoms with E-state index in [4.69, 9.17) is 4.74 Å². The quantitative estimate of drug-likeness (QED) is 0.291. The predicted octanol–water partition coefficient (Wildman–Crippen LogP) is 2.31. The summed E-state index contributed by atoms with van der Waals surface area (Å²) in [5, 5.41) is 6.90. The van der Waals surface area contributed by atoms with E-state index in [-0.39, 0.29) is 42.5 Å². The second-order valence-electron chi connectivity index (χ2n) is 8.61. The Hall–Kier alpha value is -0.610. The summed E-state index contributed by atoms with van der Waals surface area (Å²) in [6, 6.07) is 0.470. The number of hydrogen-bond donors (Lipinski definition) is 2. The number of amides is 1. The lowest BCUT2D eigenvalue weighted by atomic mass is 10.0. The number of nitrogens with zero attached hydrogens (tertiary/aromatic N) is 3. The summed E-state index contributed by atoms with van der Waals surface area (Å²) in [4.78, 5) is 20.7. The van der Waals surface area contributed by atoms with Crippen LogP contribution in [0.5, 0.6) is 0 Å². The average Bonchev–Trinajstić information content (AvgIpc) is 3.04. The summed E-state index contributed by atoms with van der Waals surface area (Å²) < 4.78 is 5.71. The zero-order valence-corrected chi connectivity index (χ0v) is 21.1. The van der Waals surface area contributed by atoms with E-state index >= 15 is 0 Å².